The number of hydrogen-bond donors (Lipinski definition) is 0. The molecule has 0 unspecified atom stereocenters. The highest BCUT2D eigenvalue weighted by Crippen LogP contribution is 2.57. The highest BCUT2D eigenvalue weighted by Gasteiger charge is 2.39. The molecule has 3 heteroatoms. The Hall–Kier alpha value is -5.31. The van der Waals surface area contributed by atoms with Crippen molar-refractivity contribution in [1.29, 1.82) is 0 Å². The first-order valence-corrected chi connectivity index (χ1v) is 16.1. The topological polar surface area (TPSA) is 6.48 Å². The van der Waals surface area contributed by atoms with Gasteiger partial charge in [-0.1, -0.05) is 123 Å². The van der Waals surface area contributed by atoms with E-state index in [-0.39, 0.29) is 5.41 Å². The number of nitrogens with zero attached hydrogens (tertiary/aromatic N) is 2. The quantitative estimate of drug-likeness (QED) is 0.184. The van der Waals surface area contributed by atoms with Gasteiger partial charge in [0, 0.05) is 44.4 Å². The molecule has 0 fully saturated rings. The van der Waals surface area contributed by atoms with Crippen LogP contribution in [0.25, 0.3) is 21.9 Å². The zero-order valence-electron chi connectivity index (χ0n) is 25.9. The molecule has 0 aromatic heterocycles. The summed E-state index contributed by atoms with van der Waals surface area (Å²) in [5.74, 6) is 0. The summed E-state index contributed by atoms with van der Waals surface area (Å²) in [5.41, 5.74) is 11.6. The number of para-hydroxylation sites is 2. The Morgan fingerprint density at radius 2 is 1.02 bits per heavy atom. The first kappa shape index (κ1) is 28.2. The molecule has 0 amide bonds. The van der Waals surface area contributed by atoms with E-state index < -0.39 is 0 Å². The molecule has 46 heavy (non-hydrogen) atoms. The normalized spacial score (nSPS) is 12.8. The Labute approximate surface area is 275 Å². The van der Waals surface area contributed by atoms with E-state index in [1.807, 2.05) is 12.1 Å². The van der Waals surface area contributed by atoms with Crippen molar-refractivity contribution < 1.29 is 0 Å². The van der Waals surface area contributed by atoms with E-state index in [1.54, 1.807) is 0 Å². The lowest BCUT2D eigenvalue weighted by molar-refractivity contribution is 0.666. The molecule has 7 aromatic rings. The summed E-state index contributed by atoms with van der Waals surface area (Å²) in [6, 6.07) is 58.1. The highest BCUT2D eigenvalue weighted by molar-refractivity contribution is 6.31. The molecular weight excluding hydrogens is 580 g/mol. The van der Waals surface area contributed by atoms with Gasteiger partial charge in [0.15, 0.2) is 0 Å². The fourth-order valence-electron chi connectivity index (χ4n) is 7.23. The van der Waals surface area contributed by atoms with Crippen LogP contribution in [0.2, 0.25) is 5.02 Å². The third-order valence-electron chi connectivity index (χ3n) is 9.21. The molecule has 7 aromatic carbocycles. The van der Waals surface area contributed by atoms with Crippen LogP contribution < -0.4 is 9.80 Å². The molecule has 0 radical (unpaired) electrons. The third-order valence-corrected chi connectivity index (χ3v) is 9.44. The Balaban J connectivity index is 1.42. The minimum atomic E-state index is -0.166. The molecule has 8 rings (SSSR count). The van der Waals surface area contributed by atoms with E-state index in [0.29, 0.717) is 5.02 Å². The highest BCUT2D eigenvalue weighted by atomic mass is 35.5. The largest absolute Gasteiger partial charge is 0.310 e. The summed E-state index contributed by atoms with van der Waals surface area (Å²) in [4.78, 5) is 4.69. The number of rotatable bonds is 6. The standard InChI is InChI=1S/C43H33ClN2/c1-43(2)39-26-12-11-25-38(39)41-40(27-30-15-9-10-24-37(30)42(41)43)46(34-21-13-16-31(44)28-34)36-23-14-22-35(29-36)45(32-17-5-3-6-18-32)33-19-7-4-8-20-33/h3-29H,1-2H3. The van der Waals surface area contributed by atoms with Crippen molar-refractivity contribution in [3.63, 3.8) is 0 Å². The number of halogens is 1. The van der Waals surface area contributed by atoms with Crippen LogP contribution in [-0.2, 0) is 5.41 Å². The maximum absolute atomic E-state index is 6.71. The molecule has 0 spiro atoms. The Morgan fingerprint density at radius 1 is 0.478 bits per heavy atom. The maximum Gasteiger partial charge on any atom is 0.0549 e. The van der Waals surface area contributed by atoms with Crippen molar-refractivity contribution in [2.24, 2.45) is 0 Å². The predicted octanol–water partition coefficient (Wildman–Crippen LogP) is 12.7. The fourth-order valence-corrected chi connectivity index (χ4v) is 7.41. The maximum atomic E-state index is 6.71. The second-order valence-corrected chi connectivity index (χ2v) is 12.8. The van der Waals surface area contributed by atoms with E-state index >= 15 is 0 Å². The first-order valence-electron chi connectivity index (χ1n) is 15.7. The number of fused-ring (bicyclic) bond motifs is 5. The Kier molecular flexibility index (Phi) is 6.89. The molecule has 1 aliphatic carbocycles. The summed E-state index contributed by atoms with van der Waals surface area (Å²) in [5, 5.41) is 3.21. The average molecular weight is 613 g/mol. The summed E-state index contributed by atoms with van der Waals surface area (Å²) in [6.45, 7) is 4.71. The second-order valence-electron chi connectivity index (χ2n) is 12.4. The van der Waals surface area contributed by atoms with Gasteiger partial charge in [-0.25, -0.2) is 0 Å². The minimum Gasteiger partial charge on any atom is -0.310 e. The van der Waals surface area contributed by atoms with E-state index in [9.17, 15) is 0 Å². The zero-order valence-corrected chi connectivity index (χ0v) is 26.6. The van der Waals surface area contributed by atoms with Crippen LogP contribution in [0.5, 0.6) is 0 Å². The van der Waals surface area contributed by atoms with Crippen molar-refractivity contribution in [1.82, 2.24) is 0 Å². The Bertz CT molecular complexity index is 2170. The third kappa shape index (κ3) is 4.65. The van der Waals surface area contributed by atoms with Crippen molar-refractivity contribution in [3.05, 3.63) is 180 Å². The van der Waals surface area contributed by atoms with E-state index in [2.05, 4.69) is 175 Å². The molecule has 1 aliphatic rings. The molecule has 2 nitrogen and oxygen atoms in total. The lowest BCUT2D eigenvalue weighted by atomic mass is 9.80. The number of benzene rings is 7. The lowest BCUT2D eigenvalue weighted by Gasteiger charge is -2.31. The van der Waals surface area contributed by atoms with Crippen LogP contribution in [-0.4, -0.2) is 0 Å². The van der Waals surface area contributed by atoms with Gasteiger partial charge in [0.2, 0.25) is 0 Å². The lowest BCUT2D eigenvalue weighted by Crippen LogP contribution is -2.17. The smallest absolute Gasteiger partial charge is 0.0549 e. The van der Waals surface area contributed by atoms with Crippen molar-refractivity contribution >= 4 is 56.5 Å². The molecule has 0 atom stereocenters. The van der Waals surface area contributed by atoms with Gasteiger partial charge in [0.1, 0.15) is 0 Å². The Morgan fingerprint density at radius 3 is 1.72 bits per heavy atom. The molecule has 0 saturated carbocycles. The van der Waals surface area contributed by atoms with E-state index in [4.69, 9.17) is 11.6 Å². The average Bonchev–Trinajstić information content (AvgIpc) is 3.33. The number of hydrogen-bond acceptors (Lipinski definition) is 2. The fraction of sp³-hybridized carbons (Fsp3) is 0.0698. The molecule has 0 aliphatic heterocycles. The SMILES string of the molecule is CC1(C)c2ccccc2-c2c(N(c3cccc(Cl)c3)c3cccc(N(c4ccccc4)c4ccccc4)c3)cc3ccccc3c21. The molecule has 0 bridgehead atoms. The monoisotopic (exact) mass is 612 g/mol. The van der Waals surface area contributed by atoms with Gasteiger partial charge >= 0.3 is 0 Å². The van der Waals surface area contributed by atoms with Crippen LogP contribution in [0.3, 0.4) is 0 Å². The molecule has 0 saturated heterocycles. The molecule has 222 valence electrons. The summed E-state index contributed by atoms with van der Waals surface area (Å²) >= 11 is 6.71. The van der Waals surface area contributed by atoms with Crippen molar-refractivity contribution in [3.8, 4) is 11.1 Å². The van der Waals surface area contributed by atoms with E-state index in [1.165, 1.54) is 33.0 Å². The van der Waals surface area contributed by atoms with Gasteiger partial charge in [-0.3, -0.25) is 0 Å². The zero-order chi connectivity index (χ0) is 31.3. The molecule has 0 N–H and O–H groups in total. The molecule has 0 heterocycles. The van der Waals surface area contributed by atoms with Crippen LogP contribution in [0, 0.1) is 0 Å². The first-order chi connectivity index (χ1) is 22.5. The molecular formula is C43H33ClN2. The van der Waals surface area contributed by atoms with Crippen molar-refractivity contribution in [2.75, 3.05) is 9.80 Å². The van der Waals surface area contributed by atoms with Crippen LogP contribution in [0.4, 0.5) is 34.1 Å². The summed E-state index contributed by atoms with van der Waals surface area (Å²) in [6.07, 6.45) is 0. The van der Waals surface area contributed by atoms with Gasteiger partial charge in [-0.15, -0.1) is 0 Å². The summed E-state index contributed by atoms with van der Waals surface area (Å²) in [7, 11) is 0. The van der Waals surface area contributed by atoms with Crippen molar-refractivity contribution in [2.45, 2.75) is 19.3 Å². The van der Waals surface area contributed by atoms with E-state index in [0.717, 1.165) is 34.1 Å². The van der Waals surface area contributed by atoms with Crippen LogP contribution in [0.1, 0.15) is 25.0 Å². The minimum absolute atomic E-state index is 0.166. The van der Waals surface area contributed by atoms with Gasteiger partial charge in [0.05, 0.1) is 5.69 Å². The van der Waals surface area contributed by atoms with Crippen LogP contribution in [0.15, 0.2) is 164 Å². The van der Waals surface area contributed by atoms with Gasteiger partial charge < -0.3 is 9.80 Å². The predicted molar refractivity (Wildman–Crippen MR) is 196 cm³/mol. The summed E-state index contributed by atoms with van der Waals surface area (Å²) < 4.78 is 0. The van der Waals surface area contributed by atoms with Gasteiger partial charge in [-0.2, -0.15) is 0 Å². The number of anilines is 6. The second kappa shape index (κ2) is 11.2. The van der Waals surface area contributed by atoms with Gasteiger partial charge in [0.25, 0.3) is 0 Å². The van der Waals surface area contributed by atoms with Crippen LogP contribution >= 0.6 is 11.6 Å². The van der Waals surface area contributed by atoms with Gasteiger partial charge in [-0.05, 0) is 94.2 Å².